The molecule has 114 valence electrons. The summed E-state index contributed by atoms with van der Waals surface area (Å²) in [6.07, 6.45) is 8.98. The summed E-state index contributed by atoms with van der Waals surface area (Å²) in [6, 6.07) is 3.06. The first-order valence-electron chi connectivity index (χ1n) is 8.16. The number of hydrogen-bond acceptors (Lipinski definition) is 4. The van der Waals surface area contributed by atoms with Crippen molar-refractivity contribution in [3.8, 4) is 6.07 Å². The summed E-state index contributed by atoms with van der Waals surface area (Å²) in [5.41, 5.74) is -0.341. The van der Waals surface area contributed by atoms with Crippen molar-refractivity contribution in [3.05, 3.63) is 0 Å². The molecular formula is C16H28N2O2. The third-order valence-electron chi connectivity index (χ3n) is 4.35. The molecule has 1 saturated carbocycles. The molecule has 0 amide bonds. The molecule has 1 heterocycles. The number of nitrogens with one attached hydrogen (secondary N) is 1. The first kappa shape index (κ1) is 15.8. The van der Waals surface area contributed by atoms with Gasteiger partial charge < -0.3 is 9.47 Å². The Morgan fingerprint density at radius 2 is 2.20 bits per heavy atom. The molecule has 2 atom stereocenters. The molecule has 0 bridgehead atoms. The molecule has 0 aromatic carbocycles. The lowest BCUT2D eigenvalue weighted by molar-refractivity contribution is -0.0415. The van der Waals surface area contributed by atoms with Gasteiger partial charge in [0.1, 0.15) is 5.54 Å². The average molecular weight is 280 g/mol. The molecule has 2 fully saturated rings. The second-order valence-corrected chi connectivity index (χ2v) is 6.13. The largest absolute Gasteiger partial charge is 0.379 e. The van der Waals surface area contributed by atoms with Crippen molar-refractivity contribution >= 4 is 0 Å². The minimum absolute atomic E-state index is 0.292. The van der Waals surface area contributed by atoms with Gasteiger partial charge in [-0.2, -0.15) is 5.26 Å². The molecule has 20 heavy (non-hydrogen) atoms. The highest BCUT2D eigenvalue weighted by Gasteiger charge is 2.34. The predicted octanol–water partition coefficient (Wildman–Crippen LogP) is 2.78. The Morgan fingerprint density at radius 3 is 2.80 bits per heavy atom. The van der Waals surface area contributed by atoms with Crippen LogP contribution >= 0.6 is 0 Å². The lowest BCUT2D eigenvalue weighted by atomic mass is 9.92. The van der Waals surface area contributed by atoms with Gasteiger partial charge in [0.15, 0.2) is 0 Å². The third-order valence-corrected chi connectivity index (χ3v) is 4.35. The lowest BCUT2D eigenvalue weighted by Gasteiger charge is -2.27. The van der Waals surface area contributed by atoms with Crippen LogP contribution in [0.15, 0.2) is 0 Å². The number of nitrogens with zero attached hydrogens (tertiary/aromatic N) is 1. The normalized spacial score (nSPS) is 25.9. The first-order valence-corrected chi connectivity index (χ1v) is 8.16. The maximum atomic E-state index is 9.44. The molecule has 0 radical (unpaired) electrons. The van der Waals surface area contributed by atoms with Crippen molar-refractivity contribution in [1.29, 1.82) is 5.26 Å². The van der Waals surface area contributed by atoms with Crippen LogP contribution in [-0.2, 0) is 9.47 Å². The Kier molecular flexibility index (Phi) is 6.28. The van der Waals surface area contributed by atoms with Gasteiger partial charge >= 0.3 is 0 Å². The van der Waals surface area contributed by atoms with E-state index < -0.39 is 0 Å². The number of ether oxygens (including phenoxy) is 2. The third kappa shape index (κ3) is 5.05. The van der Waals surface area contributed by atoms with Crippen LogP contribution in [0.3, 0.4) is 0 Å². The number of rotatable bonds is 9. The van der Waals surface area contributed by atoms with Gasteiger partial charge in [-0.25, -0.2) is 0 Å². The molecule has 1 saturated heterocycles. The maximum absolute atomic E-state index is 9.44. The van der Waals surface area contributed by atoms with Crippen LogP contribution in [0.5, 0.6) is 0 Å². The number of nitriles is 1. The second-order valence-electron chi connectivity index (χ2n) is 6.13. The van der Waals surface area contributed by atoms with E-state index in [-0.39, 0.29) is 5.54 Å². The highest BCUT2D eigenvalue weighted by molar-refractivity contribution is 5.09. The van der Waals surface area contributed by atoms with Crippen LogP contribution in [0.2, 0.25) is 0 Å². The fourth-order valence-corrected chi connectivity index (χ4v) is 2.77. The van der Waals surface area contributed by atoms with Gasteiger partial charge in [0, 0.05) is 19.3 Å². The Morgan fingerprint density at radius 1 is 1.35 bits per heavy atom. The van der Waals surface area contributed by atoms with E-state index in [1.165, 1.54) is 25.7 Å². The molecular weight excluding hydrogens is 252 g/mol. The fraction of sp³-hybridized carbons (Fsp3) is 0.938. The molecule has 2 aliphatic rings. The Labute approximate surface area is 122 Å². The second kappa shape index (κ2) is 7.97. The van der Waals surface area contributed by atoms with Crippen molar-refractivity contribution in [2.24, 2.45) is 0 Å². The van der Waals surface area contributed by atoms with E-state index in [2.05, 4.69) is 18.3 Å². The molecule has 4 heteroatoms. The highest BCUT2D eigenvalue weighted by Crippen LogP contribution is 2.26. The summed E-state index contributed by atoms with van der Waals surface area (Å²) in [5, 5.41) is 12.9. The van der Waals surface area contributed by atoms with Crippen LogP contribution in [0.4, 0.5) is 0 Å². The minimum Gasteiger partial charge on any atom is -0.379 e. The monoisotopic (exact) mass is 280 g/mol. The van der Waals surface area contributed by atoms with E-state index in [1.807, 2.05) is 0 Å². The van der Waals surface area contributed by atoms with Crippen molar-refractivity contribution in [2.45, 2.75) is 76.0 Å². The lowest BCUT2D eigenvalue weighted by Crippen LogP contribution is -2.44. The van der Waals surface area contributed by atoms with E-state index in [4.69, 9.17) is 9.47 Å². The van der Waals surface area contributed by atoms with Crippen LogP contribution < -0.4 is 5.32 Å². The summed E-state index contributed by atoms with van der Waals surface area (Å²) in [4.78, 5) is 0. The SMILES string of the molecule is CCC(C#N)(CCCOCC1CCCCO1)NC1CC1. The smallest absolute Gasteiger partial charge is 0.106 e. The van der Waals surface area contributed by atoms with E-state index >= 15 is 0 Å². The van der Waals surface area contributed by atoms with Gasteiger partial charge in [-0.1, -0.05) is 6.92 Å². The standard InChI is InChI=1S/C16H28N2O2/c1-2-16(13-17,18-14-7-8-14)9-5-10-19-12-15-6-3-4-11-20-15/h14-15,18H,2-12H2,1H3. The predicted molar refractivity (Wildman–Crippen MR) is 78.4 cm³/mol. The summed E-state index contributed by atoms with van der Waals surface area (Å²) in [5.74, 6) is 0. The maximum Gasteiger partial charge on any atom is 0.106 e. The summed E-state index contributed by atoms with van der Waals surface area (Å²) in [7, 11) is 0. The fourth-order valence-electron chi connectivity index (χ4n) is 2.77. The first-order chi connectivity index (χ1) is 9.78. The van der Waals surface area contributed by atoms with Gasteiger partial charge in [0.25, 0.3) is 0 Å². The van der Waals surface area contributed by atoms with Gasteiger partial charge in [-0.05, 0) is 51.4 Å². The van der Waals surface area contributed by atoms with Gasteiger partial charge in [0.2, 0.25) is 0 Å². The van der Waals surface area contributed by atoms with Crippen LogP contribution in [0.1, 0.15) is 58.3 Å². The van der Waals surface area contributed by atoms with Gasteiger partial charge in [-0.3, -0.25) is 5.32 Å². The molecule has 1 aliphatic carbocycles. The van der Waals surface area contributed by atoms with Crippen molar-refractivity contribution in [1.82, 2.24) is 5.32 Å². The van der Waals surface area contributed by atoms with Crippen molar-refractivity contribution < 1.29 is 9.47 Å². The zero-order chi connectivity index (χ0) is 14.3. The van der Waals surface area contributed by atoms with E-state index in [1.54, 1.807) is 0 Å². The molecule has 0 aromatic heterocycles. The van der Waals surface area contributed by atoms with E-state index in [0.29, 0.717) is 18.8 Å². The van der Waals surface area contributed by atoms with Gasteiger partial charge in [0.05, 0.1) is 18.8 Å². The topological polar surface area (TPSA) is 54.3 Å². The van der Waals surface area contributed by atoms with Crippen LogP contribution in [0, 0.1) is 11.3 Å². The average Bonchev–Trinajstić information content (AvgIpc) is 3.31. The molecule has 1 aliphatic heterocycles. The molecule has 1 N–H and O–H groups in total. The summed E-state index contributed by atoms with van der Waals surface area (Å²) in [6.45, 7) is 4.42. The van der Waals surface area contributed by atoms with Crippen molar-refractivity contribution in [2.75, 3.05) is 19.8 Å². The number of hydrogen-bond donors (Lipinski definition) is 1. The van der Waals surface area contributed by atoms with Crippen molar-refractivity contribution in [3.63, 3.8) is 0 Å². The van der Waals surface area contributed by atoms with E-state index in [9.17, 15) is 5.26 Å². The van der Waals surface area contributed by atoms with Crippen LogP contribution in [-0.4, -0.2) is 37.5 Å². The zero-order valence-corrected chi connectivity index (χ0v) is 12.7. The summed E-state index contributed by atoms with van der Waals surface area (Å²) >= 11 is 0. The van der Waals surface area contributed by atoms with Crippen LogP contribution in [0.25, 0.3) is 0 Å². The van der Waals surface area contributed by atoms with Gasteiger partial charge in [-0.15, -0.1) is 0 Å². The summed E-state index contributed by atoms with van der Waals surface area (Å²) < 4.78 is 11.4. The molecule has 0 aromatic rings. The molecule has 0 spiro atoms. The zero-order valence-electron chi connectivity index (χ0n) is 12.7. The Balaban J connectivity index is 1.59. The molecule has 2 unspecified atom stereocenters. The van der Waals surface area contributed by atoms with E-state index in [0.717, 1.165) is 38.9 Å². The minimum atomic E-state index is -0.341. The Bertz CT molecular complexity index is 319. The molecule has 4 nitrogen and oxygen atoms in total. The Hall–Kier alpha value is -0.630. The molecule has 2 rings (SSSR count). The quantitative estimate of drug-likeness (QED) is 0.660. The highest BCUT2D eigenvalue weighted by atomic mass is 16.5.